The molecular formula is C23H23NO4. The first-order valence-electron chi connectivity index (χ1n) is 9.09. The van der Waals surface area contributed by atoms with Gasteiger partial charge in [0, 0.05) is 11.3 Å². The molecule has 28 heavy (non-hydrogen) atoms. The molecule has 2 aromatic carbocycles. The van der Waals surface area contributed by atoms with E-state index in [4.69, 9.17) is 9.15 Å². The van der Waals surface area contributed by atoms with Gasteiger partial charge in [0.1, 0.15) is 5.76 Å². The highest BCUT2D eigenvalue weighted by Gasteiger charge is 2.17. The number of rotatable bonds is 7. The highest BCUT2D eigenvalue weighted by Crippen LogP contribution is 2.19. The van der Waals surface area contributed by atoms with Crippen molar-refractivity contribution < 1.29 is 18.7 Å². The third kappa shape index (κ3) is 4.49. The minimum absolute atomic E-state index is 0.213. The van der Waals surface area contributed by atoms with Crippen LogP contribution in [0.4, 0.5) is 5.69 Å². The number of Topliss-reactive ketones (excluding diaryl/α,β-unsaturated/α-hetero) is 1. The standard InChI is InChI=1S/C23H23NO4/c1-15-11-17(3)20(12-16(15)2)22(25)14-28-23(26)19-8-4-5-9-21(19)24-13-18-7-6-10-27-18/h4-12,24H,13-14H2,1-3H3. The Hall–Kier alpha value is -3.34. The van der Waals surface area contributed by atoms with E-state index >= 15 is 0 Å². The Morgan fingerprint density at radius 3 is 2.43 bits per heavy atom. The maximum absolute atomic E-state index is 12.5. The summed E-state index contributed by atoms with van der Waals surface area (Å²) >= 11 is 0. The number of para-hydroxylation sites is 1. The molecule has 0 atom stereocenters. The van der Waals surface area contributed by atoms with Gasteiger partial charge in [-0.1, -0.05) is 18.2 Å². The van der Waals surface area contributed by atoms with Crippen LogP contribution >= 0.6 is 0 Å². The van der Waals surface area contributed by atoms with Gasteiger partial charge in [-0.05, 0) is 67.8 Å². The summed E-state index contributed by atoms with van der Waals surface area (Å²) in [6.07, 6.45) is 1.59. The highest BCUT2D eigenvalue weighted by atomic mass is 16.5. The zero-order valence-corrected chi connectivity index (χ0v) is 16.2. The molecular weight excluding hydrogens is 354 g/mol. The van der Waals surface area contributed by atoms with Crippen molar-refractivity contribution in [3.63, 3.8) is 0 Å². The Labute approximate surface area is 164 Å². The largest absolute Gasteiger partial charge is 0.467 e. The summed E-state index contributed by atoms with van der Waals surface area (Å²) in [6, 6.07) is 14.5. The molecule has 3 rings (SSSR count). The molecule has 0 saturated heterocycles. The number of carbonyl (C=O) groups excluding carboxylic acids is 2. The van der Waals surface area contributed by atoms with Crippen molar-refractivity contribution in [3.8, 4) is 0 Å². The molecule has 1 aromatic heterocycles. The van der Waals surface area contributed by atoms with Crippen molar-refractivity contribution in [2.24, 2.45) is 0 Å². The summed E-state index contributed by atoms with van der Waals surface area (Å²) < 4.78 is 10.6. The van der Waals surface area contributed by atoms with Gasteiger partial charge in [-0.3, -0.25) is 4.79 Å². The molecule has 1 heterocycles. The molecule has 144 valence electrons. The van der Waals surface area contributed by atoms with E-state index in [1.165, 1.54) is 0 Å². The molecule has 0 radical (unpaired) electrons. The molecule has 0 unspecified atom stereocenters. The van der Waals surface area contributed by atoms with Gasteiger partial charge >= 0.3 is 5.97 Å². The predicted molar refractivity (Wildman–Crippen MR) is 108 cm³/mol. The second-order valence-electron chi connectivity index (χ2n) is 6.73. The van der Waals surface area contributed by atoms with E-state index in [-0.39, 0.29) is 12.4 Å². The predicted octanol–water partition coefficient (Wildman–Crippen LogP) is 4.86. The fourth-order valence-corrected chi connectivity index (χ4v) is 2.96. The molecule has 1 N–H and O–H groups in total. The molecule has 0 aliphatic rings. The molecule has 5 heteroatoms. The molecule has 0 aliphatic carbocycles. The molecule has 0 saturated carbocycles. The van der Waals surface area contributed by atoms with Crippen LogP contribution in [0.5, 0.6) is 0 Å². The first-order valence-corrected chi connectivity index (χ1v) is 9.09. The SMILES string of the molecule is Cc1cc(C)c(C(=O)COC(=O)c2ccccc2NCc2ccco2)cc1C. The van der Waals surface area contributed by atoms with Crippen molar-refractivity contribution in [2.75, 3.05) is 11.9 Å². The summed E-state index contributed by atoms with van der Waals surface area (Å²) in [5.74, 6) is -0.00378. The van der Waals surface area contributed by atoms with Crippen molar-refractivity contribution >= 4 is 17.4 Å². The number of benzene rings is 2. The number of aryl methyl sites for hydroxylation is 3. The van der Waals surface area contributed by atoms with E-state index in [1.807, 2.05) is 45.0 Å². The van der Waals surface area contributed by atoms with E-state index in [0.29, 0.717) is 23.4 Å². The molecule has 0 bridgehead atoms. The number of furan rings is 1. The maximum Gasteiger partial charge on any atom is 0.340 e. The van der Waals surface area contributed by atoms with Gasteiger partial charge in [-0.15, -0.1) is 0 Å². The number of carbonyl (C=O) groups is 2. The van der Waals surface area contributed by atoms with Gasteiger partial charge in [-0.2, -0.15) is 0 Å². The number of nitrogens with one attached hydrogen (secondary N) is 1. The summed E-state index contributed by atoms with van der Waals surface area (Å²) in [6.45, 7) is 5.99. The Morgan fingerprint density at radius 1 is 0.929 bits per heavy atom. The van der Waals surface area contributed by atoms with Gasteiger partial charge in [0.05, 0.1) is 18.4 Å². The van der Waals surface area contributed by atoms with Crippen LogP contribution in [0.2, 0.25) is 0 Å². The van der Waals surface area contributed by atoms with Gasteiger partial charge in [0.15, 0.2) is 6.61 Å². The topological polar surface area (TPSA) is 68.5 Å². The minimum Gasteiger partial charge on any atom is -0.467 e. The number of anilines is 1. The third-order valence-corrected chi connectivity index (χ3v) is 4.66. The summed E-state index contributed by atoms with van der Waals surface area (Å²) in [5.41, 5.74) is 4.62. The second-order valence-corrected chi connectivity index (χ2v) is 6.73. The number of ether oxygens (including phenoxy) is 1. The minimum atomic E-state index is -0.544. The summed E-state index contributed by atoms with van der Waals surface area (Å²) in [5, 5.41) is 3.16. The number of hydrogen-bond donors (Lipinski definition) is 1. The van der Waals surface area contributed by atoms with Gasteiger partial charge < -0.3 is 14.5 Å². The van der Waals surface area contributed by atoms with E-state index in [0.717, 1.165) is 22.5 Å². The van der Waals surface area contributed by atoms with Crippen LogP contribution in [0.1, 0.15) is 43.2 Å². The normalized spacial score (nSPS) is 10.5. The maximum atomic E-state index is 12.5. The number of hydrogen-bond acceptors (Lipinski definition) is 5. The Kier molecular flexibility index (Phi) is 5.94. The van der Waals surface area contributed by atoms with Crippen molar-refractivity contribution in [1.29, 1.82) is 0 Å². The van der Waals surface area contributed by atoms with Crippen LogP contribution in [0.15, 0.2) is 59.2 Å². The summed E-state index contributed by atoms with van der Waals surface area (Å²) in [4.78, 5) is 25.1. The van der Waals surface area contributed by atoms with E-state index < -0.39 is 5.97 Å². The molecule has 5 nitrogen and oxygen atoms in total. The smallest absolute Gasteiger partial charge is 0.340 e. The van der Waals surface area contributed by atoms with Crippen LogP contribution in [0.3, 0.4) is 0 Å². The fourth-order valence-electron chi connectivity index (χ4n) is 2.96. The Morgan fingerprint density at radius 2 is 1.68 bits per heavy atom. The molecule has 0 fully saturated rings. The molecule has 0 aliphatic heterocycles. The first kappa shape index (κ1) is 19.4. The van der Waals surface area contributed by atoms with Crippen molar-refractivity contribution in [3.05, 3.63) is 88.4 Å². The average molecular weight is 377 g/mol. The second kappa shape index (κ2) is 8.57. The van der Waals surface area contributed by atoms with Crippen LogP contribution in [0, 0.1) is 20.8 Å². The lowest BCUT2D eigenvalue weighted by atomic mass is 9.98. The van der Waals surface area contributed by atoms with Crippen molar-refractivity contribution in [1.82, 2.24) is 0 Å². The highest BCUT2D eigenvalue weighted by molar-refractivity contribution is 6.01. The Bertz CT molecular complexity index is 990. The van der Waals surface area contributed by atoms with Crippen LogP contribution < -0.4 is 5.32 Å². The van der Waals surface area contributed by atoms with Gasteiger partial charge in [0.25, 0.3) is 0 Å². The molecule has 3 aromatic rings. The monoisotopic (exact) mass is 377 g/mol. The fraction of sp³-hybridized carbons (Fsp3) is 0.217. The van der Waals surface area contributed by atoms with E-state index in [9.17, 15) is 9.59 Å². The van der Waals surface area contributed by atoms with Crippen molar-refractivity contribution in [2.45, 2.75) is 27.3 Å². The average Bonchev–Trinajstić information content (AvgIpc) is 3.21. The van der Waals surface area contributed by atoms with E-state index in [1.54, 1.807) is 30.5 Å². The van der Waals surface area contributed by atoms with Gasteiger partial charge in [-0.25, -0.2) is 4.79 Å². The molecule has 0 spiro atoms. The third-order valence-electron chi connectivity index (χ3n) is 4.66. The van der Waals surface area contributed by atoms with E-state index in [2.05, 4.69) is 5.32 Å². The van der Waals surface area contributed by atoms with Crippen LogP contribution in [0.25, 0.3) is 0 Å². The summed E-state index contributed by atoms with van der Waals surface area (Å²) in [7, 11) is 0. The zero-order chi connectivity index (χ0) is 20.1. The zero-order valence-electron chi connectivity index (χ0n) is 16.2. The molecule has 0 amide bonds. The lowest BCUT2D eigenvalue weighted by Crippen LogP contribution is -2.16. The number of esters is 1. The van der Waals surface area contributed by atoms with Gasteiger partial charge in [0.2, 0.25) is 5.78 Å². The Balaban J connectivity index is 1.66. The number of ketones is 1. The lowest BCUT2D eigenvalue weighted by Gasteiger charge is -2.12. The van der Waals surface area contributed by atoms with Crippen LogP contribution in [-0.4, -0.2) is 18.4 Å². The quantitative estimate of drug-likeness (QED) is 0.470. The first-order chi connectivity index (χ1) is 13.5. The lowest BCUT2D eigenvalue weighted by molar-refractivity contribution is 0.0475. The van der Waals surface area contributed by atoms with Crippen LogP contribution in [-0.2, 0) is 11.3 Å².